The van der Waals surface area contributed by atoms with Gasteiger partial charge in [0, 0.05) is 22.7 Å². The van der Waals surface area contributed by atoms with Gasteiger partial charge in [-0.15, -0.1) is 0 Å². The largest absolute Gasteiger partial charge is 0.493 e. The summed E-state index contributed by atoms with van der Waals surface area (Å²) in [6.07, 6.45) is 0.538. The van der Waals surface area contributed by atoms with Gasteiger partial charge < -0.3 is 19.2 Å². The molecule has 6 nitrogen and oxygen atoms in total. The molecule has 0 atom stereocenters. The van der Waals surface area contributed by atoms with Crippen molar-refractivity contribution in [1.82, 2.24) is 4.98 Å². The minimum atomic E-state index is -0.237. The summed E-state index contributed by atoms with van der Waals surface area (Å²) in [5, 5.41) is 3.50. The highest BCUT2D eigenvalue weighted by Crippen LogP contribution is 2.28. The maximum absolute atomic E-state index is 12.5. The first-order valence-electron chi connectivity index (χ1n) is 9.23. The maximum Gasteiger partial charge on any atom is 0.255 e. The van der Waals surface area contributed by atoms with Crippen molar-refractivity contribution in [2.45, 2.75) is 6.42 Å². The van der Waals surface area contributed by atoms with Crippen molar-refractivity contribution in [3.8, 4) is 11.5 Å². The molecule has 152 valence electrons. The van der Waals surface area contributed by atoms with Crippen molar-refractivity contribution in [2.24, 2.45) is 0 Å². The van der Waals surface area contributed by atoms with E-state index in [0.717, 1.165) is 11.1 Å². The molecule has 0 bridgehead atoms. The monoisotopic (exact) mass is 422 g/mol. The molecule has 1 N–H and O–H groups in total. The van der Waals surface area contributed by atoms with Crippen LogP contribution in [0.2, 0.25) is 5.02 Å². The van der Waals surface area contributed by atoms with Crippen LogP contribution in [0.3, 0.4) is 0 Å². The summed E-state index contributed by atoms with van der Waals surface area (Å²) < 4.78 is 16.2. The maximum atomic E-state index is 12.5. The number of aromatic nitrogens is 1. The normalized spacial score (nSPS) is 10.8. The van der Waals surface area contributed by atoms with Gasteiger partial charge in [-0.3, -0.25) is 4.79 Å². The summed E-state index contributed by atoms with van der Waals surface area (Å²) >= 11 is 5.99. The van der Waals surface area contributed by atoms with E-state index in [9.17, 15) is 4.79 Å². The molecule has 0 saturated heterocycles. The molecule has 3 aromatic carbocycles. The summed E-state index contributed by atoms with van der Waals surface area (Å²) in [6.45, 7) is 0. The quantitative estimate of drug-likeness (QED) is 0.454. The Kier molecular flexibility index (Phi) is 5.59. The average Bonchev–Trinajstić information content (AvgIpc) is 3.15. The van der Waals surface area contributed by atoms with Gasteiger partial charge in [0.05, 0.1) is 14.2 Å². The molecule has 0 aliphatic heterocycles. The Morgan fingerprint density at radius 2 is 1.77 bits per heavy atom. The van der Waals surface area contributed by atoms with Gasteiger partial charge in [0.25, 0.3) is 5.91 Å². The number of anilines is 1. The smallest absolute Gasteiger partial charge is 0.255 e. The van der Waals surface area contributed by atoms with E-state index in [1.807, 2.05) is 24.3 Å². The lowest BCUT2D eigenvalue weighted by atomic mass is 10.1. The van der Waals surface area contributed by atoms with E-state index in [0.29, 0.717) is 45.7 Å². The number of oxazole rings is 1. The van der Waals surface area contributed by atoms with Gasteiger partial charge in [0.1, 0.15) is 5.52 Å². The number of benzene rings is 3. The molecule has 0 aliphatic rings. The first kappa shape index (κ1) is 19.8. The molecule has 1 amide bonds. The highest BCUT2D eigenvalue weighted by atomic mass is 35.5. The summed E-state index contributed by atoms with van der Waals surface area (Å²) in [6, 6.07) is 17.9. The number of hydrogen-bond acceptors (Lipinski definition) is 5. The van der Waals surface area contributed by atoms with Crippen LogP contribution in [0.15, 0.2) is 65.1 Å². The fourth-order valence-corrected chi connectivity index (χ4v) is 3.25. The van der Waals surface area contributed by atoms with Crippen LogP contribution in [-0.2, 0) is 6.42 Å². The van der Waals surface area contributed by atoms with Crippen LogP contribution in [0.1, 0.15) is 21.8 Å². The molecule has 0 unspecified atom stereocenters. The standard InChI is InChI=1S/C23H19ClN2O4/c1-28-20-9-5-15(12-21(20)29-2)23(27)25-17-7-3-14(4-8-17)11-22-26-18-13-16(24)6-10-19(18)30-22/h3-10,12-13H,11H2,1-2H3,(H,25,27). The average molecular weight is 423 g/mol. The van der Waals surface area contributed by atoms with Gasteiger partial charge in [-0.05, 0) is 54.1 Å². The minimum absolute atomic E-state index is 0.237. The molecule has 4 rings (SSSR count). The van der Waals surface area contributed by atoms with E-state index in [1.54, 1.807) is 43.5 Å². The first-order chi connectivity index (χ1) is 14.6. The molecule has 7 heteroatoms. The van der Waals surface area contributed by atoms with Crippen LogP contribution in [0.5, 0.6) is 11.5 Å². The summed E-state index contributed by atoms with van der Waals surface area (Å²) in [5.74, 6) is 1.44. The van der Waals surface area contributed by atoms with E-state index in [4.69, 9.17) is 25.5 Å². The first-order valence-corrected chi connectivity index (χ1v) is 9.61. The van der Waals surface area contributed by atoms with Crippen LogP contribution in [0, 0.1) is 0 Å². The number of carbonyl (C=O) groups is 1. The van der Waals surface area contributed by atoms with Crippen molar-refractivity contribution in [3.63, 3.8) is 0 Å². The van der Waals surface area contributed by atoms with Gasteiger partial charge in [0.2, 0.25) is 0 Å². The van der Waals surface area contributed by atoms with E-state index in [-0.39, 0.29) is 5.91 Å². The molecule has 0 spiro atoms. The number of hydrogen-bond donors (Lipinski definition) is 1. The second-order valence-electron chi connectivity index (χ2n) is 6.62. The van der Waals surface area contributed by atoms with Crippen LogP contribution in [0.4, 0.5) is 5.69 Å². The number of fused-ring (bicyclic) bond motifs is 1. The number of rotatable bonds is 6. The lowest BCUT2D eigenvalue weighted by Gasteiger charge is -2.10. The number of nitrogens with one attached hydrogen (secondary N) is 1. The van der Waals surface area contributed by atoms with Crippen LogP contribution < -0.4 is 14.8 Å². The lowest BCUT2D eigenvalue weighted by Crippen LogP contribution is -2.12. The van der Waals surface area contributed by atoms with Crippen molar-refractivity contribution in [2.75, 3.05) is 19.5 Å². The molecule has 0 aliphatic carbocycles. The van der Waals surface area contributed by atoms with Crippen LogP contribution in [0.25, 0.3) is 11.1 Å². The van der Waals surface area contributed by atoms with Crippen molar-refractivity contribution in [3.05, 3.63) is 82.7 Å². The Labute approximate surface area is 178 Å². The minimum Gasteiger partial charge on any atom is -0.493 e. The predicted molar refractivity (Wildman–Crippen MR) is 116 cm³/mol. The topological polar surface area (TPSA) is 73.6 Å². The highest BCUT2D eigenvalue weighted by Gasteiger charge is 2.12. The summed E-state index contributed by atoms with van der Waals surface area (Å²) in [5.41, 5.74) is 3.60. The number of methoxy groups -OCH3 is 2. The number of nitrogens with zero attached hydrogens (tertiary/aromatic N) is 1. The summed E-state index contributed by atoms with van der Waals surface area (Å²) in [7, 11) is 3.08. The highest BCUT2D eigenvalue weighted by molar-refractivity contribution is 6.31. The molecule has 30 heavy (non-hydrogen) atoms. The third-order valence-corrected chi connectivity index (χ3v) is 4.84. The molecule has 0 radical (unpaired) electrons. The number of ether oxygens (including phenoxy) is 2. The Balaban J connectivity index is 1.44. The zero-order valence-electron chi connectivity index (χ0n) is 16.4. The molecule has 0 saturated carbocycles. The van der Waals surface area contributed by atoms with E-state index < -0.39 is 0 Å². The van der Waals surface area contributed by atoms with Gasteiger partial charge in [-0.25, -0.2) is 4.98 Å². The lowest BCUT2D eigenvalue weighted by molar-refractivity contribution is 0.102. The fraction of sp³-hybridized carbons (Fsp3) is 0.130. The van der Waals surface area contributed by atoms with E-state index in [1.165, 1.54) is 7.11 Å². The van der Waals surface area contributed by atoms with Crippen molar-refractivity contribution >= 4 is 34.3 Å². The number of amides is 1. The summed E-state index contributed by atoms with van der Waals surface area (Å²) in [4.78, 5) is 17.0. The number of halogens is 1. The second-order valence-corrected chi connectivity index (χ2v) is 7.05. The molecule has 1 aromatic heterocycles. The fourth-order valence-electron chi connectivity index (χ4n) is 3.09. The van der Waals surface area contributed by atoms with Crippen LogP contribution >= 0.6 is 11.6 Å². The molecule has 4 aromatic rings. The van der Waals surface area contributed by atoms with Gasteiger partial charge in [0.15, 0.2) is 23.0 Å². The Morgan fingerprint density at radius 1 is 1.00 bits per heavy atom. The van der Waals surface area contributed by atoms with Gasteiger partial charge >= 0.3 is 0 Å². The third-order valence-electron chi connectivity index (χ3n) is 4.61. The molecule has 1 heterocycles. The molecule has 0 fully saturated rings. The Hall–Kier alpha value is -3.51. The zero-order valence-corrected chi connectivity index (χ0v) is 17.2. The Bertz CT molecular complexity index is 1200. The predicted octanol–water partition coefficient (Wildman–Crippen LogP) is 5.34. The van der Waals surface area contributed by atoms with Gasteiger partial charge in [-0.2, -0.15) is 0 Å². The Morgan fingerprint density at radius 3 is 2.50 bits per heavy atom. The van der Waals surface area contributed by atoms with E-state index in [2.05, 4.69) is 10.3 Å². The van der Waals surface area contributed by atoms with Crippen molar-refractivity contribution in [1.29, 1.82) is 0 Å². The van der Waals surface area contributed by atoms with Crippen LogP contribution in [-0.4, -0.2) is 25.1 Å². The second kappa shape index (κ2) is 8.47. The van der Waals surface area contributed by atoms with Gasteiger partial charge in [-0.1, -0.05) is 23.7 Å². The molecular weight excluding hydrogens is 404 g/mol. The zero-order chi connectivity index (χ0) is 21.1. The molecular formula is C23H19ClN2O4. The number of carbonyl (C=O) groups excluding carboxylic acids is 1. The third kappa shape index (κ3) is 4.23. The van der Waals surface area contributed by atoms with Crippen molar-refractivity contribution < 1.29 is 18.7 Å². The van der Waals surface area contributed by atoms with E-state index >= 15 is 0 Å². The SMILES string of the molecule is COc1ccc(C(=O)Nc2ccc(Cc3nc4cc(Cl)ccc4o3)cc2)cc1OC.